The van der Waals surface area contributed by atoms with Crippen LogP contribution in [-0.2, 0) is 0 Å². The molecule has 0 aromatic heterocycles. The maximum atomic E-state index is 10.5. The molecule has 2 rings (SSSR count). The first kappa shape index (κ1) is 9.47. The van der Waals surface area contributed by atoms with Crippen molar-refractivity contribution >= 4 is 0 Å². The summed E-state index contributed by atoms with van der Waals surface area (Å²) >= 11 is 0. The highest BCUT2D eigenvalue weighted by Gasteiger charge is 2.59. The first-order valence-corrected chi connectivity index (χ1v) is 5.58. The van der Waals surface area contributed by atoms with E-state index >= 15 is 0 Å². The van der Waals surface area contributed by atoms with E-state index in [0.29, 0.717) is 6.54 Å². The van der Waals surface area contributed by atoms with Gasteiger partial charge < -0.3 is 10.8 Å². The van der Waals surface area contributed by atoms with E-state index in [1.807, 2.05) is 0 Å². The molecule has 2 atom stereocenters. The largest absolute Gasteiger partial charge is 0.389 e. The van der Waals surface area contributed by atoms with E-state index in [1.54, 1.807) is 0 Å². The fourth-order valence-electron chi connectivity index (χ4n) is 2.97. The van der Waals surface area contributed by atoms with Gasteiger partial charge in [-0.3, -0.25) is 0 Å². The molecule has 0 heterocycles. The lowest BCUT2D eigenvalue weighted by atomic mass is 9.82. The summed E-state index contributed by atoms with van der Waals surface area (Å²) in [4.78, 5) is 0. The molecule has 2 fully saturated rings. The zero-order valence-electron chi connectivity index (χ0n) is 8.55. The van der Waals surface area contributed by atoms with Crippen LogP contribution in [0.3, 0.4) is 0 Å². The number of nitrogens with two attached hydrogens (primary N) is 1. The van der Waals surface area contributed by atoms with Gasteiger partial charge in [-0.2, -0.15) is 0 Å². The summed E-state index contributed by atoms with van der Waals surface area (Å²) in [5.41, 5.74) is 5.48. The van der Waals surface area contributed by atoms with Gasteiger partial charge in [-0.1, -0.05) is 13.3 Å². The van der Waals surface area contributed by atoms with Gasteiger partial charge >= 0.3 is 0 Å². The van der Waals surface area contributed by atoms with Gasteiger partial charge in [-0.05, 0) is 38.0 Å². The second-order valence-corrected chi connectivity index (χ2v) is 5.03. The van der Waals surface area contributed by atoms with Gasteiger partial charge in [0, 0.05) is 12.0 Å². The van der Waals surface area contributed by atoms with Gasteiger partial charge in [0.25, 0.3) is 0 Å². The lowest BCUT2D eigenvalue weighted by Crippen LogP contribution is -2.41. The van der Waals surface area contributed by atoms with Crippen molar-refractivity contribution in [1.82, 2.24) is 0 Å². The van der Waals surface area contributed by atoms with Crippen LogP contribution in [0.2, 0.25) is 0 Å². The molecule has 2 unspecified atom stereocenters. The van der Waals surface area contributed by atoms with E-state index in [-0.39, 0.29) is 5.41 Å². The Hall–Kier alpha value is -0.0800. The highest BCUT2D eigenvalue weighted by atomic mass is 16.3. The van der Waals surface area contributed by atoms with Crippen LogP contribution in [0.15, 0.2) is 0 Å². The van der Waals surface area contributed by atoms with E-state index < -0.39 is 5.60 Å². The van der Waals surface area contributed by atoms with E-state index in [9.17, 15) is 5.11 Å². The summed E-state index contributed by atoms with van der Waals surface area (Å²) in [5.74, 6) is 0.744. The third kappa shape index (κ3) is 1.31. The normalized spacial score (nSPS) is 42.2. The van der Waals surface area contributed by atoms with Crippen LogP contribution in [0.5, 0.6) is 0 Å². The van der Waals surface area contributed by atoms with E-state index in [0.717, 1.165) is 31.6 Å². The third-order valence-corrected chi connectivity index (χ3v) is 4.40. The van der Waals surface area contributed by atoms with Gasteiger partial charge in [0.15, 0.2) is 0 Å². The summed E-state index contributed by atoms with van der Waals surface area (Å²) in [7, 11) is 0. The molecule has 0 aromatic rings. The van der Waals surface area contributed by atoms with Crippen LogP contribution in [0.4, 0.5) is 0 Å². The third-order valence-electron chi connectivity index (χ3n) is 4.40. The lowest BCUT2D eigenvalue weighted by Gasteiger charge is -2.32. The average Bonchev–Trinajstić information content (AvgIpc) is 2.86. The first-order valence-electron chi connectivity index (χ1n) is 5.58. The highest BCUT2D eigenvalue weighted by molar-refractivity contribution is 5.11. The predicted molar refractivity (Wildman–Crippen MR) is 53.3 cm³/mol. The second-order valence-electron chi connectivity index (χ2n) is 5.03. The van der Waals surface area contributed by atoms with Crippen molar-refractivity contribution < 1.29 is 5.11 Å². The van der Waals surface area contributed by atoms with Crippen molar-refractivity contribution in [3.63, 3.8) is 0 Å². The van der Waals surface area contributed by atoms with E-state index in [4.69, 9.17) is 5.73 Å². The Labute approximate surface area is 80.5 Å². The first-order chi connectivity index (χ1) is 6.16. The molecule has 0 saturated heterocycles. The van der Waals surface area contributed by atoms with Crippen molar-refractivity contribution in [3.8, 4) is 0 Å². The van der Waals surface area contributed by atoms with Gasteiger partial charge in [0.2, 0.25) is 0 Å². The Morgan fingerprint density at radius 1 is 1.38 bits per heavy atom. The van der Waals surface area contributed by atoms with Crippen molar-refractivity contribution in [3.05, 3.63) is 0 Å². The van der Waals surface area contributed by atoms with Crippen molar-refractivity contribution in [2.45, 2.75) is 51.0 Å². The molecule has 0 amide bonds. The summed E-state index contributed by atoms with van der Waals surface area (Å²) in [5, 5.41) is 10.5. The van der Waals surface area contributed by atoms with Crippen LogP contribution in [0.25, 0.3) is 0 Å². The molecular weight excluding hydrogens is 162 g/mol. The molecule has 0 radical (unpaired) electrons. The van der Waals surface area contributed by atoms with Gasteiger partial charge in [-0.15, -0.1) is 0 Å². The predicted octanol–water partition coefficient (Wildman–Crippen LogP) is 1.67. The second kappa shape index (κ2) is 2.96. The quantitative estimate of drug-likeness (QED) is 0.699. The molecule has 76 valence electrons. The minimum Gasteiger partial charge on any atom is -0.389 e. The molecule has 2 aliphatic rings. The molecule has 2 aliphatic carbocycles. The van der Waals surface area contributed by atoms with Crippen LogP contribution in [0, 0.1) is 11.3 Å². The molecule has 0 aliphatic heterocycles. The number of hydrogen-bond donors (Lipinski definition) is 2. The minimum absolute atomic E-state index is 0.122. The van der Waals surface area contributed by atoms with Crippen LogP contribution < -0.4 is 5.73 Å². The monoisotopic (exact) mass is 183 g/mol. The molecule has 0 bridgehead atoms. The Balaban J connectivity index is 2.06. The zero-order chi connectivity index (χ0) is 9.53. The Morgan fingerprint density at radius 3 is 2.46 bits per heavy atom. The van der Waals surface area contributed by atoms with Crippen molar-refractivity contribution in [2.75, 3.05) is 6.54 Å². The van der Waals surface area contributed by atoms with Crippen LogP contribution in [0.1, 0.15) is 45.4 Å². The van der Waals surface area contributed by atoms with Crippen LogP contribution >= 0.6 is 0 Å². The Bertz CT molecular complexity index is 200. The zero-order valence-corrected chi connectivity index (χ0v) is 8.55. The molecule has 2 nitrogen and oxygen atoms in total. The standard InChI is InChI=1S/C11H21NO/c1-2-9-3-4-11(13,7-9)10(8-12)5-6-10/h9,13H,2-8,12H2,1H3. The molecule has 3 N–H and O–H groups in total. The number of hydrogen-bond acceptors (Lipinski definition) is 2. The van der Waals surface area contributed by atoms with Gasteiger partial charge in [-0.25, -0.2) is 0 Å². The van der Waals surface area contributed by atoms with E-state index in [2.05, 4.69) is 6.92 Å². The Morgan fingerprint density at radius 2 is 2.08 bits per heavy atom. The van der Waals surface area contributed by atoms with E-state index in [1.165, 1.54) is 12.8 Å². The van der Waals surface area contributed by atoms with Crippen molar-refractivity contribution in [2.24, 2.45) is 17.1 Å². The molecule has 2 saturated carbocycles. The maximum Gasteiger partial charge on any atom is 0.0718 e. The van der Waals surface area contributed by atoms with Gasteiger partial charge in [0.05, 0.1) is 5.60 Å². The molecule has 2 heteroatoms. The van der Waals surface area contributed by atoms with Crippen molar-refractivity contribution in [1.29, 1.82) is 0 Å². The SMILES string of the molecule is CCC1CCC(O)(C2(CN)CC2)C1. The average molecular weight is 183 g/mol. The van der Waals surface area contributed by atoms with Gasteiger partial charge in [0.1, 0.15) is 0 Å². The summed E-state index contributed by atoms with van der Waals surface area (Å²) < 4.78 is 0. The molecule has 0 spiro atoms. The maximum absolute atomic E-state index is 10.5. The summed E-state index contributed by atoms with van der Waals surface area (Å²) in [6.07, 6.45) is 6.70. The fourth-order valence-corrected chi connectivity index (χ4v) is 2.97. The Kier molecular flexibility index (Phi) is 2.16. The number of rotatable bonds is 3. The summed E-state index contributed by atoms with van der Waals surface area (Å²) in [6, 6.07) is 0. The molecular formula is C11H21NO. The smallest absolute Gasteiger partial charge is 0.0718 e. The molecule has 13 heavy (non-hydrogen) atoms. The van der Waals surface area contributed by atoms with Crippen LogP contribution in [-0.4, -0.2) is 17.3 Å². The molecule has 0 aromatic carbocycles. The fraction of sp³-hybridized carbons (Fsp3) is 1.00. The topological polar surface area (TPSA) is 46.2 Å². The minimum atomic E-state index is -0.400. The highest BCUT2D eigenvalue weighted by Crippen LogP contribution is 2.60. The number of aliphatic hydroxyl groups is 1. The summed E-state index contributed by atoms with van der Waals surface area (Å²) in [6.45, 7) is 2.90. The lowest BCUT2D eigenvalue weighted by molar-refractivity contribution is -0.0264.